The van der Waals surface area contributed by atoms with Crippen LogP contribution in [-0.2, 0) is 20.1 Å². The number of nitrogens with zero attached hydrogens (tertiary/aromatic N) is 2. The Bertz CT molecular complexity index is 445. The first-order valence-electron chi connectivity index (χ1n) is 3.71. The Kier molecular flexibility index (Phi) is 3.58. The van der Waals surface area contributed by atoms with E-state index in [1.165, 1.54) is 0 Å². The van der Waals surface area contributed by atoms with Crippen LogP contribution in [-0.4, -0.2) is 5.16 Å². The van der Waals surface area contributed by atoms with E-state index in [2.05, 4.69) is 16.1 Å². The van der Waals surface area contributed by atoms with Gasteiger partial charge in [-0.05, 0) is 6.07 Å². The van der Waals surface area contributed by atoms with E-state index in [-0.39, 0.29) is 26.0 Å². The summed E-state index contributed by atoms with van der Waals surface area (Å²) in [4.78, 5) is 3.12. The van der Waals surface area contributed by atoms with Crippen LogP contribution in [0.5, 0.6) is 0 Å². The van der Waals surface area contributed by atoms with Crippen molar-refractivity contribution in [1.82, 2.24) is 5.16 Å². The minimum atomic E-state index is 0. The second-order valence-electron chi connectivity index (χ2n) is 2.44. The molecule has 4 heteroatoms. The fourth-order valence-corrected chi connectivity index (χ4v) is 0.998. The molecule has 1 aromatic carbocycles. The maximum absolute atomic E-state index is 6.70. The fourth-order valence-electron chi connectivity index (χ4n) is 0.998. The van der Waals surface area contributed by atoms with Gasteiger partial charge >= 0.3 is 5.88 Å². The van der Waals surface area contributed by atoms with Gasteiger partial charge in [-0.1, -0.05) is 0 Å². The van der Waals surface area contributed by atoms with Crippen molar-refractivity contribution < 1.29 is 24.6 Å². The minimum absolute atomic E-state index is 0. The van der Waals surface area contributed by atoms with Crippen LogP contribution in [0.15, 0.2) is 34.9 Å². The molecule has 0 saturated heterocycles. The number of benzene rings is 1. The molecule has 1 heterocycles. The Morgan fingerprint density at radius 3 is 2.86 bits per heavy atom. The molecular formula is C10H5IrN2O-. The topological polar surface area (TPSA) is 30.4 Å². The predicted octanol–water partition coefficient (Wildman–Crippen LogP) is 2.69. The smallest absolute Gasteiger partial charge is 0.358 e. The SMILES string of the molecule is [C-]#[N+]c1cc(-c2[c-]cccc2)no1.[Ir]. The molecule has 0 N–H and O–H groups in total. The molecule has 1 aromatic heterocycles. The average molecular weight is 361 g/mol. The van der Waals surface area contributed by atoms with Gasteiger partial charge in [0, 0.05) is 25.8 Å². The molecule has 0 spiro atoms. The van der Waals surface area contributed by atoms with Crippen molar-refractivity contribution in [2.75, 3.05) is 0 Å². The van der Waals surface area contributed by atoms with Crippen LogP contribution in [0.3, 0.4) is 0 Å². The van der Waals surface area contributed by atoms with E-state index >= 15 is 0 Å². The van der Waals surface area contributed by atoms with Crippen LogP contribution in [0.2, 0.25) is 0 Å². The molecule has 0 amide bonds. The first kappa shape index (κ1) is 10.6. The summed E-state index contributed by atoms with van der Waals surface area (Å²) in [6, 6.07) is 12.0. The summed E-state index contributed by atoms with van der Waals surface area (Å²) in [5, 5.41) is 3.74. The standard InChI is InChI=1S/C10H5N2O.Ir/c1-11-10-7-9(12-13-10)8-5-3-2-4-6-8;/h2-5,7H;/q-1;. The van der Waals surface area contributed by atoms with Crippen LogP contribution in [0.25, 0.3) is 16.1 Å². The van der Waals surface area contributed by atoms with Gasteiger partial charge in [0.1, 0.15) is 0 Å². The summed E-state index contributed by atoms with van der Waals surface area (Å²) in [6.45, 7) is 6.70. The summed E-state index contributed by atoms with van der Waals surface area (Å²) < 4.78 is 4.74. The van der Waals surface area contributed by atoms with Gasteiger partial charge < -0.3 is 4.52 Å². The Labute approximate surface area is 94.9 Å². The van der Waals surface area contributed by atoms with Crippen LogP contribution in [0.4, 0.5) is 5.88 Å². The van der Waals surface area contributed by atoms with E-state index in [4.69, 9.17) is 11.1 Å². The Hall–Kier alpha value is -1.43. The first-order chi connectivity index (χ1) is 6.40. The molecule has 2 aromatic rings. The zero-order chi connectivity index (χ0) is 9.10. The van der Waals surface area contributed by atoms with Crippen LogP contribution in [0, 0.1) is 12.6 Å². The maximum Gasteiger partial charge on any atom is 0.358 e. The molecule has 0 aliphatic rings. The van der Waals surface area contributed by atoms with Crippen LogP contribution >= 0.6 is 0 Å². The van der Waals surface area contributed by atoms with Gasteiger partial charge in [-0.25, -0.2) is 0 Å². The van der Waals surface area contributed by atoms with Crippen molar-refractivity contribution in [2.45, 2.75) is 0 Å². The first-order valence-corrected chi connectivity index (χ1v) is 3.71. The Morgan fingerprint density at radius 1 is 1.43 bits per heavy atom. The summed E-state index contributed by atoms with van der Waals surface area (Å²) in [6.07, 6.45) is 0. The maximum atomic E-state index is 6.70. The van der Waals surface area contributed by atoms with E-state index in [1.807, 2.05) is 18.2 Å². The van der Waals surface area contributed by atoms with E-state index < -0.39 is 0 Å². The summed E-state index contributed by atoms with van der Waals surface area (Å²) in [5.74, 6) is 0.201. The molecule has 0 atom stereocenters. The Morgan fingerprint density at radius 2 is 2.29 bits per heavy atom. The predicted molar refractivity (Wildman–Crippen MR) is 47.0 cm³/mol. The summed E-state index contributed by atoms with van der Waals surface area (Å²) in [5.41, 5.74) is 1.48. The van der Waals surface area contributed by atoms with Crippen molar-refractivity contribution in [3.8, 4) is 11.3 Å². The third kappa shape index (κ3) is 2.08. The van der Waals surface area contributed by atoms with Gasteiger partial charge in [0.15, 0.2) is 0 Å². The molecule has 0 aliphatic carbocycles. The van der Waals surface area contributed by atoms with Crippen molar-refractivity contribution >= 4 is 5.88 Å². The van der Waals surface area contributed by atoms with Gasteiger partial charge in [0.2, 0.25) is 0 Å². The largest absolute Gasteiger partial charge is 0.381 e. The molecule has 0 bridgehead atoms. The quantitative estimate of drug-likeness (QED) is 0.731. The molecule has 2 rings (SSSR count). The van der Waals surface area contributed by atoms with Crippen molar-refractivity contribution in [2.24, 2.45) is 0 Å². The number of hydrogen-bond acceptors (Lipinski definition) is 2. The molecule has 1 radical (unpaired) electrons. The molecule has 71 valence electrons. The second kappa shape index (κ2) is 4.71. The zero-order valence-electron chi connectivity index (χ0n) is 7.02. The van der Waals surface area contributed by atoms with E-state index in [0.29, 0.717) is 5.69 Å². The molecule has 0 aliphatic heterocycles. The summed E-state index contributed by atoms with van der Waals surface area (Å²) in [7, 11) is 0. The number of aromatic nitrogens is 1. The Balaban J connectivity index is 0.000000980. The second-order valence-corrected chi connectivity index (χ2v) is 2.44. The molecule has 14 heavy (non-hydrogen) atoms. The monoisotopic (exact) mass is 362 g/mol. The van der Waals surface area contributed by atoms with Gasteiger partial charge in [-0.3, -0.25) is 0 Å². The fraction of sp³-hybridized carbons (Fsp3) is 0. The normalized spacial score (nSPS) is 8.79. The molecule has 3 nitrogen and oxygen atoms in total. The van der Waals surface area contributed by atoms with Gasteiger partial charge in [0.25, 0.3) is 0 Å². The molecule has 0 saturated carbocycles. The molecule has 0 unspecified atom stereocenters. The number of rotatable bonds is 1. The van der Waals surface area contributed by atoms with E-state index in [0.717, 1.165) is 5.56 Å². The molecule has 0 fully saturated rings. The van der Waals surface area contributed by atoms with E-state index in [1.54, 1.807) is 12.1 Å². The van der Waals surface area contributed by atoms with Crippen molar-refractivity contribution in [3.63, 3.8) is 0 Å². The zero-order valence-corrected chi connectivity index (χ0v) is 9.42. The number of hydrogen-bond donors (Lipinski definition) is 0. The van der Waals surface area contributed by atoms with E-state index in [9.17, 15) is 0 Å². The van der Waals surface area contributed by atoms with Crippen LogP contribution < -0.4 is 0 Å². The third-order valence-corrected chi connectivity index (χ3v) is 1.59. The molecular weight excluding hydrogens is 356 g/mol. The van der Waals surface area contributed by atoms with Gasteiger partial charge in [-0.15, -0.1) is 41.1 Å². The van der Waals surface area contributed by atoms with Crippen molar-refractivity contribution in [1.29, 1.82) is 0 Å². The third-order valence-electron chi connectivity index (χ3n) is 1.59. The van der Waals surface area contributed by atoms with Gasteiger partial charge in [0.05, 0.1) is 6.57 Å². The van der Waals surface area contributed by atoms with Gasteiger partial charge in [-0.2, -0.15) is 4.85 Å². The summed E-state index contributed by atoms with van der Waals surface area (Å²) >= 11 is 0. The minimum Gasteiger partial charge on any atom is -0.381 e. The van der Waals surface area contributed by atoms with Crippen LogP contribution in [0.1, 0.15) is 0 Å². The van der Waals surface area contributed by atoms with Crippen molar-refractivity contribution in [3.05, 3.63) is 47.8 Å². The average Bonchev–Trinajstić information content (AvgIpc) is 2.67.